The van der Waals surface area contributed by atoms with Crippen molar-refractivity contribution in [1.82, 2.24) is 5.32 Å². The van der Waals surface area contributed by atoms with Gasteiger partial charge in [0.15, 0.2) is 0 Å². The standard InChI is InChI=1S/C9H17NO2.C8H18O/c1-9(2,3)12-8(11)7-5-4-6-10-7;1-7(2,3)9-8(4,5)6/h7,10H,4-6H2,1-3H3;1-6H3/t7-;/m0./s1. The van der Waals surface area contributed by atoms with Crippen LogP contribution in [-0.2, 0) is 14.3 Å². The van der Waals surface area contributed by atoms with Crippen LogP contribution in [-0.4, -0.2) is 35.4 Å². The van der Waals surface area contributed by atoms with E-state index in [-0.39, 0.29) is 28.8 Å². The summed E-state index contributed by atoms with van der Waals surface area (Å²) in [5.41, 5.74) is -0.391. The highest BCUT2D eigenvalue weighted by Crippen LogP contribution is 2.18. The predicted molar refractivity (Wildman–Crippen MR) is 87.5 cm³/mol. The Labute approximate surface area is 131 Å². The zero-order valence-corrected chi connectivity index (χ0v) is 15.4. The molecule has 1 rings (SSSR count). The van der Waals surface area contributed by atoms with Crippen LogP contribution in [0.4, 0.5) is 0 Å². The van der Waals surface area contributed by atoms with Gasteiger partial charge in [-0.2, -0.15) is 0 Å². The highest BCUT2D eigenvalue weighted by molar-refractivity contribution is 5.76. The van der Waals surface area contributed by atoms with E-state index in [1.807, 2.05) is 20.8 Å². The molecule has 0 aromatic heterocycles. The molecule has 0 amide bonds. The van der Waals surface area contributed by atoms with E-state index in [0.717, 1.165) is 19.4 Å². The first-order valence-electron chi connectivity index (χ1n) is 7.86. The van der Waals surface area contributed by atoms with E-state index in [9.17, 15) is 4.79 Å². The van der Waals surface area contributed by atoms with E-state index >= 15 is 0 Å². The Morgan fingerprint density at radius 3 is 1.62 bits per heavy atom. The Hall–Kier alpha value is -0.610. The van der Waals surface area contributed by atoms with Crippen molar-refractivity contribution in [2.75, 3.05) is 6.54 Å². The highest BCUT2D eigenvalue weighted by Gasteiger charge is 2.27. The van der Waals surface area contributed by atoms with Gasteiger partial charge in [0.25, 0.3) is 0 Å². The summed E-state index contributed by atoms with van der Waals surface area (Å²) in [6.07, 6.45) is 1.98. The number of hydrogen-bond acceptors (Lipinski definition) is 4. The fourth-order valence-electron chi connectivity index (χ4n) is 2.18. The maximum absolute atomic E-state index is 11.4. The lowest BCUT2D eigenvalue weighted by atomic mass is 10.1. The van der Waals surface area contributed by atoms with Crippen molar-refractivity contribution in [2.45, 2.75) is 98.0 Å². The fourth-order valence-corrected chi connectivity index (χ4v) is 2.18. The minimum atomic E-state index is -0.360. The summed E-state index contributed by atoms with van der Waals surface area (Å²) in [6, 6.07) is -0.0655. The largest absolute Gasteiger partial charge is 0.459 e. The van der Waals surface area contributed by atoms with Crippen LogP contribution in [0, 0.1) is 0 Å². The third kappa shape index (κ3) is 12.8. The van der Waals surface area contributed by atoms with Gasteiger partial charge in [0.05, 0.1) is 11.2 Å². The second-order valence-corrected chi connectivity index (χ2v) is 8.51. The smallest absolute Gasteiger partial charge is 0.323 e. The van der Waals surface area contributed by atoms with Gasteiger partial charge in [0.1, 0.15) is 11.6 Å². The van der Waals surface area contributed by atoms with Gasteiger partial charge < -0.3 is 14.8 Å². The maximum atomic E-state index is 11.4. The molecule has 21 heavy (non-hydrogen) atoms. The Morgan fingerprint density at radius 2 is 1.38 bits per heavy atom. The quantitative estimate of drug-likeness (QED) is 0.751. The summed E-state index contributed by atoms with van der Waals surface area (Å²) in [4.78, 5) is 11.4. The Bertz CT molecular complexity index is 300. The number of ether oxygens (including phenoxy) is 2. The molecule has 0 aliphatic carbocycles. The Balaban J connectivity index is 0.000000400. The van der Waals surface area contributed by atoms with E-state index in [0.29, 0.717) is 0 Å². The number of rotatable bonds is 1. The molecule has 4 nitrogen and oxygen atoms in total. The van der Waals surface area contributed by atoms with Gasteiger partial charge in [0, 0.05) is 0 Å². The van der Waals surface area contributed by atoms with Gasteiger partial charge in [-0.15, -0.1) is 0 Å². The molecular weight excluding hydrogens is 266 g/mol. The van der Waals surface area contributed by atoms with Gasteiger partial charge >= 0.3 is 5.97 Å². The first-order valence-corrected chi connectivity index (χ1v) is 7.86. The monoisotopic (exact) mass is 301 g/mol. The van der Waals surface area contributed by atoms with Gasteiger partial charge in [-0.1, -0.05) is 0 Å². The van der Waals surface area contributed by atoms with Crippen molar-refractivity contribution < 1.29 is 14.3 Å². The van der Waals surface area contributed by atoms with Crippen LogP contribution >= 0.6 is 0 Å². The molecule has 0 aromatic rings. The zero-order chi connectivity index (χ0) is 16.9. The normalized spacial score (nSPS) is 19.8. The van der Waals surface area contributed by atoms with E-state index in [2.05, 4.69) is 46.9 Å². The Morgan fingerprint density at radius 1 is 0.905 bits per heavy atom. The lowest BCUT2D eigenvalue weighted by Crippen LogP contribution is -2.37. The van der Waals surface area contributed by atoms with Crippen molar-refractivity contribution in [3.63, 3.8) is 0 Å². The van der Waals surface area contributed by atoms with Crippen LogP contribution in [0.5, 0.6) is 0 Å². The molecule has 4 heteroatoms. The SMILES string of the molecule is CC(C)(C)OC(=O)[C@@H]1CCCN1.CC(C)(C)OC(C)(C)C. The summed E-state index contributed by atoms with van der Waals surface area (Å²) in [7, 11) is 0. The van der Waals surface area contributed by atoms with E-state index in [1.165, 1.54) is 0 Å². The van der Waals surface area contributed by atoms with Crippen LogP contribution in [0.1, 0.15) is 75.2 Å². The van der Waals surface area contributed by atoms with Crippen LogP contribution < -0.4 is 5.32 Å². The second kappa shape index (κ2) is 7.59. The molecule has 0 spiro atoms. The first-order chi connectivity index (χ1) is 9.20. The predicted octanol–water partition coefficient (Wildman–Crippen LogP) is 3.68. The zero-order valence-electron chi connectivity index (χ0n) is 15.4. The number of hydrogen-bond donors (Lipinski definition) is 1. The third-order valence-electron chi connectivity index (χ3n) is 2.36. The molecule has 126 valence electrons. The number of carbonyl (C=O) groups excluding carboxylic acids is 1. The summed E-state index contributed by atoms with van der Waals surface area (Å²) in [6.45, 7) is 19.0. The summed E-state index contributed by atoms with van der Waals surface area (Å²) in [5.74, 6) is -0.111. The lowest BCUT2D eigenvalue weighted by Gasteiger charge is -2.30. The highest BCUT2D eigenvalue weighted by atomic mass is 16.6. The number of carbonyl (C=O) groups is 1. The fraction of sp³-hybridized carbons (Fsp3) is 0.941. The van der Waals surface area contributed by atoms with Gasteiger partial charge in [-0.3, -0.25) is 4.79 Å². The van der Waals surface area contributed by atoms with E-state index in [4.69, 9.17) is 9.47 Å². The summed E-state index contributed by atoms with van der Waals surface area (Å²) in [5, 5.41) is 3.10. The molecule has 0 radical (unpaired) electrons. The number of nitrogens with one attached hydrogen (secondary N) is 1. The molecule has 0 unspecified atom stereocenters. The maximum Gasteiger partial charge on any atom is 0.323 e. The molecule has 0 aromatic carbocycles. The topological polar surface area (TPSA) is 47.6 Å². The van der Waals surface area contributed by atoms with Gasteiger partial charge in [0.2, 0.25) is 0 Å². The number of esters is 1. The molecule has 1 N–H and O–H groups in total. The van der Waals surface area contributed by atoms with Crippen molar-refractivity contribution in [2.24, 2.45) is 0 Å². The molecule has 1 atom stereocenters. The molecule has 1 fully saturated rings. The van der Waals surface area contributed by atoms with Crippen molar-refractivity contribution in [3.8, 4) is 0 Å². The first kappa shape index (κ1) is 20.4. The minimum Gasteiger partial charge on any atom is -0.459 e. The average Bonchev–Trinajstić information content (AvgIpc) is 2.60. The summed E-state index contributed by atoms with van der Waals surface area (Å²) < 4.78 is 10.8. The van der Waals surface area contributed by atoms with Crippen LogP contribution in [0.25, 0.3) is 0 Å². The molecule has 1 aliphatic rings. The second-order valence-electron chi connectivity index (χ2n) is 8.51. The van der Waals surface area contributed by atoms with Crippen LogP contribution in [0.3, 0.4) is 0 Å². The molecule has 1 heterocycles. The van der Waals surface area contributed by atoms with Crippen LogP contribution in [0.15, 0.2) is 0 Å². The van der Waals surface area contributed by atoms with Crippen LogP contribution in [0.2, 0.25) is 0 Å². The Kier molecular flexibility index (Phi) is 7.37. The van der Waals surface area contributed by atoms with Gasteiger partial charge in [-0.05, 0) is 81.7 Å². The molecule has 0 saturated carbocycles. The molecular formula is C17H35NO3. The minimum absolute atomic E-state index is 0.0156. The molecule has 1 aliphatic heterocycles. The van der Waals surface area contributed by atoms with E-state index < -0.39 is 0 Å². The average molecular weight is 301 g/mol. The molecule has 0 bridgehead atoms. The van der Waals surface area contributed by atoms with Gasteiger partial charge in [-0.25, -0.2) is 0 Å². The van der Waals surface area contributed by atoms with Crippen molar-refractivity contribution in [3.05, 3.63) is 0 Å². The van der Waals surface area contributed by atoms with Crippen molar-refractivity contribution in [1.29, 1.82) is 0 Å². The molecule has 1 saturated heterocycles. The summed E-state index contributed by atoms with van der Waals surface area (Å²) >= 11 is 0. The lowest BCUT2D eigenvalue weighted by molar-refractivity contribution is -0.157. The third-order valence-corrected chi connectivity index (χ3v) is 2.36. The van der Waals surface area contributed by atoms with E-state index in [1.54, 1.807) is 0 Å². The van der Waals surface area contributed by atoms with Crippen molar-refractivity contribution >= 4 is 5.97 Å².